The second-order valence-electron chi connectivity index (χ2n) is 4.89. The number of hydrogen-bond donors (Lipinski definition) is 1. The van der Waals surface area contributed by atoms with Gasteiger partial charge in [-0.3, -0.25) is 0 Å². The summed E-state index contributed by atoms with van der Waals surface area (Å²) >= 11 is 5.88. The molecule has 1 aromatic heterocycles. The molecule has 2 N–H and O–H groups in total. The molecule has 1 aliphatic heterocycles. The van der Waals surface area contributed by atoms with Crippen LogP contribution in [0.4, 0.5) is 11.8 Å². The van der Waals surface area contributed by atoms with E-state index in [4.69, 9.17) is 17.3 Å². The molecule has 1 aromatic rings. The summed E-state index contributed by atoms with van der Waals surface area (Å²) in [5.74, 6) is 0.734. The topological polar surface area (TPSA) is 95.7 Å². The highest BCUT2D eigenvalue weighted by Crippen LogP contribution is 2.20. The quantitative estimate of drug-likeness (QED) is 0.775. The van der Waals surface area contributed by atoms with Gasteiger partial charge < -0.3 is 10.6 Å². The van der Waals surface area contributed by atoms with E-state index in [-0.39, 0.29) is 11.1 Å². The number of nitrogens with zero attached hydrogens (tertiary/aromatic N) is 5. The van der Waals surface area contributed by atoms with E-state index >= 15 is 0 Å². The lowest BCUT2D eigenvalue weighted by Gasteiger charge is -2.36. The summed E-state index contributed by atoms with van der Waals surface area (Å²) in [4.78, 5) is 9.92. The summed E-state index contributed by atoms with van der Waals surface area (Å²) in [5.41, 5.74) is 5.59. The summed E-state index contributed by atoms with van der Waals surface area (Å²) < 4.78 is 27.9. The van der Waals surface area contributed by atoms with Gasteiger partial charge in [0.15, 0.2) is 0 Å². The van der Waals surface area contributed by atoms with E-state index in [1.165, 1.54) is 8.61 Å². The van der Waals surface area contributed by atoms with Gasteiger partial charge in [-0.15, -0.1) is 0 Å². The minimum Gasteiger partial charge on any atom is -0.368 e. The summed E-state index contributed by atoms with van der Waals surface area (Å²) in [6.07, 6.45) is 0. The molecule has 0 aromatic carbocycles. The molecule has 2 rings (SSSR count). The van der Waals surface area contributed by atoms with Crippen LogP contribution in [0.3, 0.4) is 0 Å². The highest BCUT2D eigenvalue weighted by molar-refractivity contribution is 7.86. The number of aromatic nitrogens is 2. The van der Waals surface area contributed by atoms with Crippen molar-refractivity contribution in [2.45, 2.75) is 13.8 Å². The summed E-state index contributed by atoms with van der Waals surface area (Å²) in [6.45, 7) is 6.49. The first-order valence-electron chi connectivity index (χ1n) is 7.18. The molecular weight excluding hydrogens is 328 g/mol. The van der Waals surface area contributed by atoms with Crippen LogP contribution in [0, 0.1) is 0 Å². The largest absolute Gasteiger partial charge is 0.368 e. The molecule has 1 aliphatic rings. The van der Waals surface area contributed by atoms with Crippen molar-refractivity contribution in [2.24, 2.45) is 0 Å². The molecule has 0 atom stereocenters. The average molecular weight is 349 g/mol. The van der Waals surface area contributed by atoms with Crippen LogP contribution in [0.1, 0.15) is 13.8 Å². The first-order valence-corrected chi connectivity index (χ1v) is 8.96. The SMILES string of the molecule is CCN(CC)S(=O)(=O)N1CCN(c2cc(Cl)nc(N)n2)CC1. The van der Waals surface area contributed by atoms with Gasteiger partial charge >= 0.3 is 0 Å². The lowest BCUT2D eigenvalue weighted by atomic mass is 10.3. The first-order chi connectivity index (χ1) is 10.4. The zero-order chi connectivity index (χ0) is 16.3. The molecule has 0 saturated carbocycles. The third kappa shape index (κ3) is 3.60. The third-order valence-electron chi connectivity index (χ3n) is 3.62. The van der Waals surface area contributed by atoms with E-state index in [9.17, 15) is 8.42 Å². The second-order valence-corrected chi connectivity index (χ2v) is 7.20. The lowest BCUT2D eigenvalue weighted by molar-refractivity contribution is 0.333. The van der Waals surface area contributed by atoms with E-state index in [2.05, 4.69) is 9.97 Å². The van der Waals surface area contributed by atoms with Gasteiger partial charge in [-0.05, 0) is 0 Å². The number of nitrogen functional groups attached to an aromatic ring is 1. The molecule has 8 nitrogen and oxygen atoms in total. The maximum atomic E-state index is 12.5. The van der Waals surface area contributed by atoms with Crippen LogP contribution in [-0.4, -0.2) is 66.3 Å². The second kappa shape index (κ2) is 6.95. The van der Waals surface area contributed by atoms with Gasteiger partial charge in [-0.2, -0.15) is 22.0 Å². The van der Waals surface area contributed by atoms with Crippen molar-refractivity contribution in [2.75, 3.05) is 49.9 Å². The Morgan fingerprint density at radius 1 is 1.23 bits per heavy atom. The Hall–Kier alpha value is -1.16. The van der Waals surface area contributed by atoms with Gasteiger partial charge in [0, 0.05) is 45.3 Å². The number of nitrogens with two attached hydrogens (primary N) is 1. The van der Waals surface area contributed by atoms with E-state index in [1.807, 2.05) is 18.7 Å². The van der Waals surface area contributed by atoms with E-state index in [1.54, 1.807) is 6.07 Å². The van der Waals surface area contributed by atoms with Gasteiger partial charge in [-0.1, -0.05) is 25.4 Å². The van der Waals surface area contributed by atoms with Gasteiger partial charge in [0.2, 0.25) is 5.95 Å². The van der Waals surface area contributed by atoms with Crippen LogP contribution in [0.5, 0.6) is 0 Å². The van der Waals surface area contributed by atoms with E-state index in [0.717, 1.165) is 0 Å². The number of hydrogen-bond acceptors (Lipinski definition) is 6. The summed E-state index contributed by atoms with van der Waals surface area (Å²) in [6, 6.07) is 1.63. The van der Waals surface area contributed by atoms with Crippen molar-refractivity contribution in [1.29, 1.82) is 0 Å². The molecule has 0 bridgehead atoms. The number of piperazine rings is 1. The van der Waals surface area contributed by atoms with Crippen LogP contribution in [0.2, 0.25) is 5.15 Å². The molecule has 0 radical (unpaired) electrons. The van der Waals surface area contributed by atoms with E-state index < -0.39 is 10.2 Å². The Balaban J connectivity index is 2.07. The van der Waals surface area contributed by atoms with Gasteiger partial charge in [-0.25, -0.2) is 4.98 Å². The van der Waals surface area contributed by atoms with Crippen molar-refractivity contribution in [3.8, 4) is 0 Å². The fraction of sp³-hybridized carbons (Fsp3) is 0.667. The number of rotatable bonds is 5. The summed E-state index contributed by atoms with van der Waals surface area (Å²) in [7, 11) is -3.39. The van der Waals surface area contributed by atoms with Crippen LogP contribution < -0.4 is 10.6 Å². The van der Waals surface area contributed by atoms with Crippen LogP contribution >= 0.6 is 11.6 Å². The molecule has 22 heavy (non-hydrogen) atoms. The maximum Gasteiger partial charge on any atom is 0.282 e. The molecular formula is C12H21ClN6O2S. The Bertz CT molecular complexity index is 594. The fourth-order valence-electron chi connectivity index (χ4n) is 2.45. The van der Waals surface area contributed by atoms with Crippen molar-refractivity contribution in [1.82, 2.24) is 18.6 Å². The molecule has 2 heterocycles. The Morgan fingerprint density at radius 2 is 1.82 bits per heavy atom. The zero-order valence-corrected chi connectivity index (χ0v) is 14.3. The molecule has 10 heteroatoms. The van der Waals surface area contributed by atoms with Gasteiger partial charge in [0.25, 0.3) is 10.2 Å². The predicted octanol–water partition coefficient (Wildman–Crippen LogP) is 0.421. The van der Waals surface area contributed by atoms with E-state index in [0.29, 0.717) is 45.1 Å². The van der Waals surface area contributed by atoms with Crippen LogP contribution in [-0.2, 0) is 10.2 Å². The summed E-state index contributed by atoms with van der Waals surface area (Å²) in [5, 5.41) is 0.278. The Morgan fingerprint density at radius 3 is 2.32 bits per heavy atom. The fourth-order valence-corrected chi connectivity index (χ4v) is 4.23. The van der Waals surface area contributed by atoms with Crippen molar-refractivity contribution in [3.05, 3.63) is 11.2 Å². The minimum absolute atomic E-state index is 0.112. The highest BCUT2D eigenvalue weighted by atomic mass is 35.5. The smallest absolute Gasteiger partial charge is 0.282 e. The van der Waals surface area contributed by atoms with Crippen molar-refractivity contribution >= 4 is 33.6 Å². The molecule has 124 valence electrons. The molecule has 1 saturated heterocycles. The molecule has 0 aliphatic carbocycles. The zero-order valence-electron chi connectivity index (χ0n) is 12.7. The molecule has 1 fully saturated rings. The number of halogens is 1. The standard InChI is InChI=1S/C12H21ClN6O2S/c1-3-18(4-2)22(20,21)19-7-5-17(6-8-19)11-9-10(13)15-12(14)16-11/h9H,3-8H2,1-2H3,(H2,14,15,16). The van der Waals surface area contributed by atoms with Crippen LogP contribution in [0.15, 0.2) is 6.07 Å². The highest BCUT2D eigenvalue weighted by Gasteiger charge is 2.31. The lowest BCUT2D eigenvalue weighted by Crippen LogP contribution is -2.53. The Labute approximate surface area is 136 Å². The third-order valence-corrected chi connectivity index (χ3v) is 6.00. The van der Waals surface area contributed by atoms with Crippen molar-refractivity contribution < 1.29 is 8.42 Å². The molecule has 0 amide bonds. The Kier molecular flexibility index (Phi) is 5.43. The van der Waals surface area contributed by atoms with Crippen LogP contribution in [0.25, 0.3) is 0 Å². The molecule has 0 unspecified atom stereocenters. The maximum absolute atomic E-state index is 12.5. The molecule has 0 spiro atoms. The first kappa shape index (κ1) is 17.2. The predicted molar refractivity (Wildman–Crippen MR) is 87.1 cm³/mol. The number of anilines is 2. The average Bonchev–Trinajstić information content (AvgIpc) is 2.47. The monoisotopic (exact) mass is 348 g/mol. The van der Waals surface area contributed by atoms with Gasteiger partial charge in [0.05, 0.1) is 0 Å². The minimum atomic E-state index is -3.39. The normalized spacial score (nSPS) is 17.2. The van der Waals surface area contributed by atoms with Gasteiger partial charge in [0.1, 0.15) is 11.0 Å². The van der Waals surface area contributed by atoms with Crippen molar-refractivity contribution in [3.63, 3.8) is 0 Å².